The zero-order chi connectivity index (χ0) is 16.7. The van der Waals surface area contributed by atoms with E-state index in [1.807, 2.05) is 59.8 Å². The summed E-state index contributed by atoms with van der Waals surface area (Å²) in [5, 5.41) is 2.77. The molecular formula is C17H16INO4. The highest BCUT2D eigenvalue weighted by atomic mass is 127. The van der Waals surface area contributed by atoms with Gasteiger partial charge in [0, 0.05) is 6.08 Å². The largest absolute Gasteiger partial charge is 0.452 e. The fourth-order valence-electron chi connectivity index (χ4n) is 1.86. The highest BCUT2D eigenvalue weighted by molar-refractivity contribution is 14.1. The number of rotatable bonds is 6. The van der Waals surface area contributed by atoms with Crippen molar-refractivity contribution < 1.29 is 18.7 Å². The number of hydrogen-bond donors (Lipinski definition) is 1. The summed E-state index contributed by atoms with van der Waals surface area (Å²) < 4.78 is 10.9. The van der Waals surface area contributed by atoms with Gasteiger partial charge in [0.25, 0.3) is 5.91 Å². The molecule has 0 radical (unpaired) electrons. The first kappa shape index (κ1) is 17.3. The van der Waals surface area contributed by atoms with Crippen molar-refractivity contribution in [3.05, 3.63) is 63.6 Å². The molecule has 0 saturated carbocycles. The quantitative estimate of drug-likeness (QED) is 0.438. The summed E-state index contributed by atoms with van der Waals surface area (Å²) in [6, 6.07) is 12.9. The van der Waals surface area contributed by atoms with Crippen LogP contribution in [0.4, 0.5) is 0 Å². The fourth-order valence-corrected chi connectivity index (χ4v) is 2.30. The Hall–Kier alpha value is -2.09. The molecule has 0 spiro atoms. The van der Waals surface area contributed by atoms with Gasteiger partial charge in [-0.1, -0.05) is 30.3 Å². The molecule has 6 heteroatoms. The molecule has 0 fully saturated rings. The van der Waals surface area contributed by atoms with Gasteiger partial charge in [-0.25, -0.2) is 4.79 Å². The maximum absolute atomic E-state index is 11.8. The lowest BCUT2D eigenvalue weighted by Crippen LogP contribution is -2.30. The molecule has 2 aromatic rings. The van der Waals surface area contributed by atoms with Crippen LogP contribution < -0.4 is 5.32 Å². The Morgan fingerprint density at radius 1 is 1.26 bits per heavy atom. The van der Waals surface area contributed by atoms with Gasteiger partial charge in [0.05, 0.1) is 6.04 Å². The predicted molar refractivity (Wildman–Crippen MR) is 94.4 cm³/mol. The van der Waals surface area contributed by atoms with Crippen molar-refractivity contribution in [1.29, 1.82) is 0 Å². The van der Waals surface area contributed by atoms with E-state index >= 15 is 0 Å². The third kappa shape index (κ3) is 5.90. The van der Waals surface area contributed by atoms with Gasteiger partial charge in [-0.15, -0.1) is 0 Å². The molecule has 1 aromatic heterocycles. The number of carbonyl (C=O) groups excluding carboxylic acids is 2. The molecular weight excluding hydrogens is 409 g/mol. The van der Waals surface area contributed by atoms with Gasteiger partial charge in [0.15, 0.2) is 10.4 Å². The Kier molecular flexibility index (Phi) is 6.40. The summed E-state index contributed by atoms with van der Waals surface area (Å²) in [5.41, 5.74) is 0.986. The molecule has 0 aliphatic carbocycles. The van der Waals surface area contributed by atoms with Crippen LogP contribution in [-0.2, 0) is 14.3 Å². The van der Waals surface area contributed by atoms with Gasteiger partial charge < -0.3 is 14.5 Å². The van der Waals surface area contributed by atoms with Crippen molar-refractivity contribution in [3.63, 3.8) is 0 Å². The van der Waals surface area contributed by atoms with Crippen LogP contribution in [0.15, 0.2) is 53.0 Å². The van der Waals surface area contributed by atoms with E-state index in [4.69, 9.17) is 9.15 Å². The number of esters is 1. The number of carbonyl (C=O) groups is 2. The van der Waals surface area contributed by atoms with Gasteiger partial charge >= 0.3 is 5.97 Å². The van der Waals surface area contributed by atoms with E-state index in [1.165, 1.54) is 12.2 Å². The molecule has 0 aliphatic heterocycles. The summed E-state index contributed by atoms with van der Waals surface area (Å²) >= 11 is 2.03. The van der Waals surface area contributed by atoms with Gasteiger partial charge in [-0.3, -0.25) is 4.79 Å². The van der Waals surface area contributed by atoms with E-state index in [1.54, 1.807) is 12.1 Å². The Balaban J connectivity index is 1.75. The van der Waals surface area contributed by atoms with E-state index in [9.17, 15) is 9.59 Å². The van der Waals surface area contributed by atoms with Crippen LogP contribution in [0.3, 0.4) is 0 Å². The van der Waals surface area contributed by atoms with Crippen molar-refractivity contribution in [2.24, 2.45) is 0 Å². The Morgan fingerprint density at radius 3 is 2.65 bits per heavy atom. The molecule has 2 rings (SSSR count). The van der Waals surface area contributed by atoms with E-state index in [0.717, 1.165) is 9.33 Å². The Labute approximate surface area is 147 Å². The molecule has 23 heavy (non-hydrogen) atoms. The lowest BCUT2D eigenvalue weighted by molar-refractivity contribution is -0.144. The third-order valence-electron chi connectivity index (χ3n) is 3.00. The van der Waals surface area contributed by atoms with Crippen LogP contribution in [0.25, 0.3) is 6.08 Å². The van der Waals surface area contributed by atoms with Crippen LogP contribution in [0.2, 0.25) is 0 Å². The van der Waals surface area contributed by atoms with E-state index in [0.29, 0.717) is 5.76 Å². The molecule has 0 aliphatic rings. The first-order valence-electron chi connectivity index (χ1n) is 6.99. The minimum atomic E-state index is -0.598. The zero-order valence-corrected chi connectivity index (χ0v) is 14.6. The molecule has 0 saturated heterocycles. The molecule has 0 bridgehead atoms. The molecule has 1 amide bonds. The van der Waals surface area contributed by atoms with Crippen LogP contribution in [0.1, 0.15) is 24.3 Å². The second-order valence-electron chi connectivity index (χ2n) is 4.78. The highest BCUT2D eigenvalue weighted by Crippen LogP contribution is 2.12. The molecule has 1 aromatic carbocycles. The van der Waals surface area contributed by atoms with Crippen LogP contribution in [0, 0.1) is 3.77 Å². The van der Waals surface area contributed by atoms with Crippen LogP contribution >= 0.6 is 22.6 Å². The number of furan rings is 1. The number of nitrogens with one attached hydrogen (secondary N) is 1. The minimum Gasteiger partial charge on any atom is -0.452 e. The molecule has 1 N–H and O–H groups in total. The van der Waals surface area contributed by atoms with Crippen molar-refractivity contribution in [2.45, 2.75) is 13.0 Å². The summed E-state index contributed by atoms with van der Waals surface area (Å²) in [6.07, 6.45) is 2.72. The predicted octanol–water partition coefficient (Wildman–Crippen LogP) is 3.32. The summed E-state index contributed by atoms with van der Waals surface area (Å²) in [4.78, 5) is 23.3. The van der Waals surface area contributed by atoms with E-state index < -0.39 is 5.97 Å². The third-order valence-corrected chi connectivity index (χ3v) is 3.58. The standard InChI is InChI=1S/C17H16INO4/c1-12(13-5-3-2-4-6-13)19-16(20)11-22-17(21)10-8-14-7-9-15(18)23-14/h2-10,12H,11H2,1H3,(H,19,20)/b10-8+. The average molecular weight is 425 g/mol. The monoisotopic (exact) mass is 425 g/mol. The minimum absolute atomic E-state index is 0.150. The summed E-state index contributed by atoms with van der Waals surface area (Å²) in [6.45, 7) is 1.55. The number of halogens is 1. The Morgan fingerprint density at radius 2 is 2.00 bits per heavy atom. The fraction of sp³-hybridized carbons (Fsp3) is 0.176. The average Bonchev–Trinajstić information content (AvgIpc) is 2.97. The van der Waals surface area contributed by atoms with Crippen LogP contribution in [-0.4, -0.2) is 18.5 Å². The molecule has 120 valence electrons. The molecule has 5 nitrogen and oxygen atoms in total. The number of benzene rings is 1. The molecule has 1 heterocycles. The van der Waals surface area contributed by atoms with Crippen LogP contribution in [0.5, 0.6) is 0 Å². The first-order chi connectivity index (χ1) is 11.0. The maximum Gasteiger partial charge on any atom is 0.331 e. The SMILES string of the molecule is CC(NC(=O)COC(=O)/C=C/c1ccc(I)o1)c1ccccc1. The second-order valence-corrected chi connectivity index (χ2v) is 5.85. The highest BCUT2D eigenvalue weighted by Gasteiger charge is 2.10. The summed E-state index contributed by atoms with van der Waals surface area (Å²) in [7, 11) is 0. The normalized spacial score (nSPS) is 12.1. The second kappa shape index (κ2) is 8.52. The number of hydrogen-bond acceptors (Lipinski definition) is 4. The van der Waals surface area contributed by atoms with Gasteiger partial charge in [0.2, 0.25) is 0 Å². The van der Waals surface area contributed by atoms with Crippen molar-refractivity contribution in [2.75, 3.05) is 6.61 Å². The van der Waals surface area contributed by atoms with Crippen molar-refractivity contribution in [1.82, 2.24) is 5.32 Å². The number of ether oxygens (including phenoxy) is 1. The lowest BCUT2D eigenvalue weighted by Gasteiger charge is -2.13. The van der Waals surface area contributed by atoms with Gasteiger partial charge in [-0.2, -0.15) is 0 Å². The van der Waals surface area contributed by atoms with Crippen molar-refractivity contribution in [3.8, 4) is 0 Å². The molecule has 1 unspecified atom stereocenters. The Bertz CT molecular complexity index is 694. The lowest BCUT2D eigenvalue weighted by atomic mass is 10.1. The van der Waals surface area contributed by atoms with E-state index in [2.05, 4.69) is 5.32 Å². The van der Waals surface area contributed by atoms with E-state index in [-0.39, 0.29) is 18.6 Å². The zero-order valence-electron chi connectivity index (χ0n) is 12.5. The first-order valence-corrected chi connectivity index (χ1v) is 8.07. The number of amides is 1. The van der Waals surface area contributed by atoms with Gasteiger partial charge in [0.1, 0.15) is 5.76 Å². The van der Waals surface area contributed by atoms with Gasteiger partial charge in [-0.05, 0) is 53.3 Å². The smallest absolute Gasteiger partial charge is 0.331 e. The summed E-state index contributed by atoms with van der Waals surface area (Å²) in [5.74, 6) is -0.400. The van der Waals surface area contributed by atoms with Crippen molar-refractivity contribution >= 4 is 40.5 Å². The molecule has 1 atom stereocenters. The topological polar surface area (TPSA) is 68.5 Å². The maximum atomic E-state index is 11.8.